The molecule has 0 saturated carbocycles. The summed E-state index contributed by atoms with van der Waals surface area (Å²) in [6, 6.07) is 20.7. The minimum atomic E-state index is -0.534. The van der Waals surface area contributed by atoms with Crippen LogP contribution in [0.2, 0.25) is 0 Å². The Bertz CT molecular complexity index is 1310. The van der Waals surface area contributed by atoms with E-state index in [9.17, 15) is 14.4 Å². The highest BCUT2D eigenvalue weighted by atomic mass is 16.4. The van der Waals surface area contributed by atoms with Crippen molar-refractivity contribution in [1.82, 2.24) is 0 Å². The largest absolute Gasteiger partial charge is 0.422 e. The molecule has 0 saturated heterocycles. The lowest BCUT2D eigenvalue weighted by Crippen LogP contribution is -2.21. The van der Waals surface area contributed by atoms with Crippen LogP contribution in [0.25, 0.3) is 22.1 Å². The lowest BCUT2D eigenvalue weighted by molar-refractivity contribution is 0.0980. The van der Waals surface area contributed by atoms with E-state index in [-0.39, 0.29) is 22.5 Å². The molecule has 27 heavy (non-hydrogen) atoms. The second kappa shape index (κ2) is 5.61. The Morgan fingerprint density at radius 2 is 1.26 bits per heavy atom. The summed E-state index contributed by atoms with van der Waals surface area (Å²) >= 11 is 0. The van der Waals surface area contributed by atoms with E-state index in [0.717, 1.165) is 5.56 Å². The number of rotatable bonds is 1. The van der Waals surface area contributed by atoms with Gasteiger partial charge in [-0.15, -0.1) is 0 Å². The molecule has 0 radical (unpaired) electrons. The Morgan fingerprint density at radius 3 is 2.00 bits per heavy atom. The predicted molar refractivity (Wildman–Crippen MR) is 101 cm³/mol. The van der Waals surface area contributed by atoms with Gasteiger partial charge in [-0.3, -0.25) is 9.59 Å². The number of fused-ring (bicyclic) bond motifs is 4. The van der Waals surface area contributed by atoms with Crippen LogP contribution in [0.4, 0.5) is 0 Å². The van der Waals surface area contributed by atoms with Gasteiger partial charge in [-0.2, -0.15) is 0 Å². The van der Waals surface area contributed by atoms with E-state index in [0.29, 0.717) is 27.8 Å². The van der Waals surface area contributed by atoms with E-state index in [1.165, 1.54) is 6.07 Å². The molecule has 0 atom stereocenters. The van der Waals surface area contributed by atoms with Crippen molar-refractivity contribution in [3.8, 4) is 11.3 Å². The fraction of sp³-hybridized carbons (Fsp3) is 0. The Labute approximate surface area is 153 Å². The first-order valence-electron chi connectivity index (χ1n) is 8.50. The lowest BCUT2D eigenvalue weighted by atomic mass is 9.82. The van der Waals surface area contributed by atoms with E-state index < -0.39 is 5.63 Å². The predicted octanol–water partition coefficient (Wildman–Crippen LogP) is 4.24. The molecule has 0 unspecified atom stereocenters. The summed E-state index contributed by atoms with van der Waals surface area (Å²) < 4.78 is 5.45. The fourth-order valence-electron chi connectivity index (χ4n) is 3.60. The molecule has 1 aliphatic rings. The molecule has 4 nitrogen and oxygen atoms in total. The summed E-state index contributed by atoms with van der Waals surface area (Å²) in [5.41, 5.74) is 1.52. The van der Waals surface area contributed by atoms with Crippen molar-refractivity contribution in [1.29, 1.82) is 0 Å². The first-order valence-corrected chi connectivity index (χ1v) is 8.50. The van der Waals surface area contributed by atoms with Crippen LogP contribution in [-0.4, -0.2) is 11.6 Å². The van der Waals surface area contributed by atoms with Gasteiger partial charge in [0.05, 0.1) is 5.39 Å². The summed E-state index contributed by atoms with van der Waals surface area (Å²) in [5, 5.41) is 0.726. The highest BCUT2D eigenvalue weighted by molar-refractivity contribution is 6.32. The van der Waals surface area contributed by atoms with Gasteiger partial charge in [0.15, 0.2) is 11.6 Å². The molecule has 0 aliphatic heterocycles. The van der Waals surface area contributed by atoms with Gasteiger partial charge >= 0.3 is 5.63 Å². The van der Waals surface area contributed by atoms with Crippen LogP contribution in [0, 0.1) is 0 Å². The molecule has 0 amide bonds. The molecule has 4 heteroatoms. The van der Waals surface area contributed by atoms with Crippen molar-refractivity contribution in [2.75, 3.05) is 0 Å². The highest BCUT2D eigenvalue weighted by Gasteiger charge is 2.31. The van der Waals surface area contributed by atoms with Crippen molar-refractivity contribution in [3.05, 3.63) is 105 Å². The average Bonchev–Trinajstić information content (AvgIpc) is 2.72. The quantitative estimate of drug-likeness (QED) is 0.453. The topological polar surface area (TPSA) is 64.3 Å². The molecule has 4 aromatic rings. The smallest absolute Gasteiger partial charge is 0.344 e. The standard InChI is InChI=1S/C23H12O4/c24-21-14-8-4-5-9-15(14)22(25)20-17(21)11-10-16-18(20)12-19(27-23(16)26)13-6-2-1-3-7-13/h1-12H. The van der Waals surface area contributed by atoms with E-state index in [2.05, 4.69) is 0 Å². The molecule has 1 aliphatic carbocycles. The highest BCUT2D eigenvalue weighted by Crippen LogP contribution is 2.33. The van der Waals surface area contributed by atoms with Crippen LogP contribution in [0.3, 0.4) is 0 Å². The third-order valence-corrected chi connectivity index (χ3v) is 4.89. The first kappa shape index (κ1) is 15.5. The Hall–Kier alpha value is -3.79. The number of ketones is 2. The maximum absolute atomic E-state index is 13.1. The van der Waals surface area contributed by atoms with Crippen molar-refractivity contribution in [2.24, 2.45) is 0 Å². The molecule has 0 N–H and O–H groups in total. The summed E-state index contributed by atoms with van der Waals surface area (Å²) in [5.74, 6) is -0.104. The van der Waals surface area contributed by atoms with Crippen molar-refractivity contribution < 1.29 is 14.0 Å². The van der Waals surface area contributed by atoms with Crippen LogP contribution >= 0.6 is 0 Å². The molecular formula is C23H12O4. The summed E-state index contributed by atoms with van der Waals surface area (Å²) in [6.07, 6.45) is 0. The van der Waals surface area contributed by atoms with E-state index in [1.54, 1.807) is 36.4 Å². The number of hydrogen-bond acceptors (Lipinski definition) is 4. The number of carbonyl (C=O) groups excluding carboxylic acids is 2. The van der Waals surface area contributed by atoms with E-state index in [1.807, 2.05) is 30.3 Å². The normalized spacial score (nSPS) is 12.7. The monoisotopic (exact) mass is 352 g/mol. The molecule has 0 fully saturated rings. The zero-order chi connectivity index (χ0) is 18.5. The number of benzene rings is 3. The second-order valence-corrected chi connectivity index (χ2v) is 6.42. The van der Waals surface area contributed by atoms with Gasteiger partial charge in [-0.05, 0) is 18.2 Å². The third kappa shape index (κ3) is 2.20. The van der Waals surface area contributed by atoms with Crippen LogP contribution < -0.4 is 5.63 Å². The van der Waals surface area contributed by atoms with Gasteiger partial charge in [-0.1, -0.05) is 54.6 Å². The number of carbonyl (C=O) groups is 2. The van der Waals surface area contributed by atoms with Crippen molar-refractivity contribution in [2.45, 2.75) is 0 Å². The molecule has 1 heterocycles. The van der Waals surface area contributed by atoms with Gasteiger partial charge < -0.3 is 4.42 Å². The molecule has 0 bridgehead atoms. The van der Waals surface area contributed by atoms with Gasteiger partial charge in [-0.25, -0.2) is 4.79 Å². The molecule has 3 aromatic carbocycles. The average molecular weight is 352 g/mol. The van der Waals surface area contributed by atoms with E-state index >= 15 is 0 Å². The Kier molecular flexibility index (Phi) is 3.21. The SMILES string of the molecule is O=C1c2ccccc2C(=O)c2c1ccc1c(=O)oc(-c3ccccc3)cc21. The van der Waals surface area contributed by atoms with Crippen LogP contribution in [-0.2, 0) is 0 Å². The number of hydrogen-bond donors (Lipinski definition) is 0. The minimum Gasteiger partial charge on any atom is -0.422 e. The van der Waals surface area contributed by atoms with Gasteiger partial charge in [0.25, 0.3) is 0 Å². The molecule has 1 aromatic heterocycles. The summed E-state index contributed by atoms with van der Waals surface area (Å²) in [4.78, 5) is 38.6. The van der Waals surface area contributed by atoms with E-state index in [4.69, 9.17) is 4.42 Å². The van der Waals surface area contributed by atoms with Crippen molar-refractivity contribution >= 4 is 22.3 Å². The van der Waals surface area contributed by atoms with Crippen LogP contribution in [0.15, 0.2) is 82.0 Å². The fourth-order valence-corrected chi connectivity index (χ4v) is 3.60. The lowest BCUT2D eigenvalue weighted by Gasteiger charge is -2.19. The summed E-state index contributed by atoms with van der Waals surface area (Å²) in [7, 11) is 0. The second-order valence-electron chi connectivity index (χ2n) is 6.42. The van der Waals surface area contributed by atoms with Crippen LogP contribution in [0.5, 0.6) is 0 Å². The van der Waals surface area contributed by atoms with Gasteiger partial charge in [0, 0.05) is 33.2 Å². The third-order valence-electron chi connectivity index (χ3n) is 4.89. The molecule has 0 spiro atoms. The minimum absolute atomic E-state index is 0.211. The first-order chi connectivity index (χ1) is 13.1. The Morgan fingerprint density at radius 1 is 0.593 bits per heavy atom. The maximum atomic E-state index is 13.1. The van der Waals surface area contributed by atoms with Gasteiger partial charge in [0.1, 0.15) is 5.76 Å². The molecular weight excluding hydrogens is 340 g/mol. The summed E-state index contributed by atoms with van der Waals surface area (Å²) in [6.45, 7) is 0. The maximum Gasteiger partial charge on any atom is 0.344 e. The Balaban J connectivity index is 1.86. The van der Waals surface area contributed by atoms with Crippen molar-refractivity contribution in [3.63, 3.8) is 0 Å². The zero-order valence-electron chi connectivity index (χ0n) is 14.1. The molecule has 128 valence electrons. The molecule has 5 rings (SSSR count). The van der Waals surface area contributed by atoms with Crippen LogP contribution in [0.1, 0.15) is 31.8 Å². The van der Waals surface area contributed by atoms with Gasteiger partial charge in [0.2, 0.25) is 0 Å². The zero-order valence-corrected chi connectivity index (χ0v) is 14.1.